The van der Waals surface area contributed by atoms with Gasteiger partial charge < -0.3 is 15.2 Å². The van der Waals surface area contributed by atoms with Crippen LogP contribution in [0.5, 0.6) is 0 Å². The van der Waals surface area contributed by atoms with Gasteiger partial charge in [0.1, 0.15) is 5.69 Å². The Hall–Kier alpha value is -3.49. The molecule has 1 amide bonds. The molecule has 0 unspecified atom stereocenters. The van der Waals surface area contributed by atoms with Crippen LogP contribution in [-0.4, -0.2) is 55.8 Å². The Morgan fingerprint density at radius 1 is 1.25 bits per heavy atom. The zero-order chi connectivity index (χ0) is 22.1. The largest absolute Gasteiger partial charge is 0.389 e. The van der Waals surface area contributed by atoms with E-state index >= 15 is 0 Å². The number of aliphatic hydroxyl groups excluding tert-OH is 1. The third kappa shape index (κ3) is 4.15. The highest BCUT2D eigenvalue weighted by atomic mass is 16.5. The van der Waals surface area contributed by atoms with Crippen molar-refractivity contribution in [3.05, 3.63) is 77.9 Å². The molecular formula is C24H25N5O3. The molecule has 2 N–H and O–H groups in total. The molecule has 164 valence electrons. The lowest BCUT2D eigenvalue weighted by atomic mass is 10.0. The average molecular weight is 431 g/mol. The number of aryl methyl sites for hydroxylation is 1. The lowest BCUT2D eigenvalue weighted by molar-refractivity contribution is -0.0261. The lowest BCUT2D eigenvalue weighted by Gasteiger charge is -2.28. The maximum absolute atomic E-state index is 12.9. The number of fused-ring (bicyclic) bond motifs is 1. The zero-order valence-electron chi connectivity index (χ0n) is 17.8. The number of rotatable bonds is 5. The molecule has 1 aliphatic rings. The van der Waals surface area contributed by atoms with Gasteiger partial charge in [0.15, 0.2) is 0 Å². The van der Waals surface area contributed by atoms with Crippen LogP contribution in [0.15, 0.2) is 61.1 Å². The summed E-state index contributed by atoms with van der Waals surface area (Å²) in [7, 11) is 1.90. The van der Waals surface area contributed by atoms with E-state index in [1.54, 1.807) is 9.20 Å². The summed E-state index contributed by atoms with van der Waals surface area (Å²) in [4.78, 5) is 12.9. The van der Waals surface area contributed by atoms with Crippen LogP contribution in [0.1, 0.15) is 28.0 Å². The summed E-state index contributed by atoms with van der Waals surface area (Å²) in [5.74, 6) is -0.292. The van der Waals surface area contributed by atoms with Gasteiger partial charge in [0, 0.05) is 31.6 Å². The predicted octanol–water partition coefficient (Wildman–Crippen LogP) is 2.21. The molecule has 32 heavy (non-hydrogen) atoms. The summed E-state index contributed by atoms with van der Waals surface area (Å²) < 4.78 is 8.76. The summed E-state index contributed by atoms with van der Waals surface area (Å²) in [6.45, 7) is 0.752. The Bertz CT molecular complexity index is 1240. The number of carbonyl (C=O) groups excluding carboxylic acids is 1. The van der Waals surface area contributed by atoms with Crippen molar-refractivity contribution in [2.45, 2.75) is 25.0 Å². The number of hydrogen-bond acceptors (Lipinski definition) is 5. The van der Waals surface area contributed by atoms with Crippen LogP contribution in [0.4, 0.5) is 0 Å². The average Bonchev–Trinajstić information content (AvgIpc) is 3.45. The number of benzene rings is 1. The minimum Gasteiger partial charge on any atom is -0.389 e. The van der Waals surface area contributed by atoms with Gasteiger partial charge in [-0.1, -0.05) is 24.3 Å². The fourth-order valence-corrected chi connectivity index (χ4v) is 4.09. The second-order valence-corrected chi connectivity index (χ2v) is 8.18. The second kappa shape index (κ2) is 8.57. The first-order valence-corrected chi connectivity index (χ1v) is 10.7. The van der Waals surface area contributed by atoms with Crippen LogP contribution < -0.4 is 5.32 Å². The molecular weight excluding hydrogens is 406 g/mol. The van der Waals surface area contributed by atoms with Gasteiger partial charge >= 0.3 is 0 Å². The molecule has 0 saturated carbocycles. The van der Waals surface area contributed by atoms with E-state index in [0.29, 0.717) is 25.1 Å². The smallest absolute Gasteiger partial charge is 0.272 e. The summed E-state index contributed by atoms with van der Waals surface area (Å²) in [6, 6.07) is 13.8. The molecule has 1 fully saturated rings. The van der Waals surface area contributed by atoms with Crippen molar-refractivity contribution in [3.63, 3.8) is 0 Å². The summed E-state index contributed by atoms with van der Waals surface area (Å²) in [5, 5.41) is 21.7. The monoisotopic (exact) mass is 431 g/mol. The number of nitrogens with one attached hydrogen (secondary N) is 1. The van der Waals surface area contributed by atoms with Gasteiger partial charge in [0.05, 0.1) is 30.5 Å². The van der Waals surface area contributed by atoms with Crippen LogP contribution in [0, 0.1) is 0 Å². The van der Waals surface area contributed by atoms with Crippen molar-refractivity contribution in [2.75, 3.05) is 13.2 Å². The van der Waals surface area contributed by atoms with E-state index in [4.69, 9.17) is 4.74 Å². The Kier molecular flexibility index (Phi) is 5.46. The molecule has 2 atom stereocenters. The van der Waals surface area contributed by atoms with Crippen molar-refractivity contribution in [1.29, 1.82) is 0 Å². The molecule has 3 aromatic heterocycles. The molecule has 1 saturated heterocycles. The molecule has 1 aromatic carbocycles. The van der Waals surface area contributed by atoms with E-state index in [1.807, 2.05) is 43.8 Å². The maximum Gasteiger partial charge on any atom is 0.272 e. The molecule has 0 radical (unpaired) electrons. The molecule has 8 nitrogen and oxygen atoms in total. The Morgan fingerprint density at radius 2 is 2.09 bits per heavy atom. The van der Waals surface area contributed by atoms with Gasteiger partial charge in [-0.15, -0.1) is 0 Å². The summed E-state index contributed by atoms with van der Waals surface area (Å²) in [5.41, 5.74) is 5.62. The summed E-state index contributed by atoms with van der Waals surface area (Å²) >= 11 is 0. The first-order chi connectivity index (χ1) is 15.6. The number of ether oxygens (including phenoxy) is 1. The maximum atomic E-state index is 12.9. The van der Waals surface area contributed by atoms with E-state index in [1.165, 1.54) is 0 Å². The second-order valence-electron chi connectivity index (χ2n) is 8.18. The number of hydrogen-bond donors (Lipinski definition) is 2. The number of nitrogens with zero attached hydrogens (tertiary/aromatic N) is 4. The first kappa shape index (κ1) is 20.4. The van der Waals surface area contributed by atoms with Gasteiger partial charge in [0.2, 0.25) is 0 Å². The van der Waals surface area contributed by atoms with E-state index in [0.717, 1.165) is 27.8 Å². The Labute approximate surface area is 185 Å². The molecule has 0 bridgehead atoms. The minimum atomic E-state index is -0.708. The fraction of sp³-hybridized carbons (Fsp3) is 0.292. The van der Waals surface area contributed by atoms with Gasteiger partial charge in [0.25, 0.3) is 5.91 Å². The lowest BCUT2D eigenvalue weighted by Crippen LogP contribution is -2.48. The van der Waals surface area contributed by atoms with Crippen molar-refractivity contribution in [2.24, 2.45) is 7.05 Å². The molecule has 1 aliphatic heterocycles. The Balaban J connectivity index is 1.39. The van der Waals surface area contributed by atoms with E-state index in [-0.39, 0.29) is 18.6 Å². The fourth-order valence-electron chi connectivity index (χ4n) is 4.09. The molecule has 0 aliphatic carbocycles. The molecule has 0 spiro atoms. The van der Waals surface area contributed by atoms with Crippen molar-refractivity contribution >= 4 is 11.4 Å². The van der Waals surface area contributed by atoms with Gasteiger partial charge in [-0.05, 0) is 47.7 Å². The van der Waals surface area contributed by atoms with Crippen LogP contribution in [-0.2, 0) is 18.2 Å². The van der Waals surface area contributed by atoms with Crippen LogP contribution >= 0.6 is 0 Å². The third-order valence-corrected chi connectivity index (χ3v) is 5.85. The standard InChI is InChI=1S/C24H25N5O3/c1-28-14-19(13-25-28)17-6-4-16(5-7-17)11-18-12-21(27-29-9-2-3-22(18)29)24(31)26-20-8-10-32-15-23(20)30/h2-7,9,12-14,20,23,30H,8,10-11,15H2,1H3,(H,26,31)/t20-,23-/m0/s1. The number of carbonyl (C=O) groups is 1. The molecule has 4 aromatic rings. The highest BCUT2D eigenvalue weighted by Gasteiger charge is 2.26. The van der Waals surface area contributed by atoms with E-state index in [2.05, 4.69) is 39.8 Å². The SMILES string of the molecule is Cn1cc(-c2ccc(Cc3cc(C(=O)N[C@H]4CCOC[C@@H]4O)nn4cccc34)cc2)cn1. The number of aliphatic hydroxyl groups is 1. The number of aromatic nitrogens is 4. The van der Waals surface area contributed by atoms with E-state index < -0.39 is 6.10 Å². The van der Waals surface area contributed by atoms with E-state index in [9.17, 15) is 9.90 Å². The van der Waals surface area contributed by atoms with Gasteiger partial charge in [-0.2, -0.15) is 10.2 Å². The zero-order valence-corrected chi connectivity index (χ0v) is 17.8. The predicted molar refractivity (Wildman–Crippen MR) is 119 cm³/mol. The normalized spacial score (nSPS) is 18.7. The Morgan fingerprint density at radius 3 is 2.84 bits per heavy atom. The van der Waals surface area contributed by atoms with Crippen LogP contribution in [0.3, 0.4) is 0 Å². The van der Waals surface area contributed by atoms with Crippen LogP contribution in [0.25, 0.3) is 16.6 Å². The van der Waals surface area contributed by atoms with Crippen molar-refractivity contribution in [3.8, 4) is 11.1 Å². The molecule has 8 heteroatoms. The van der Waals surface area contributed by atoms with Gasteiger partial charge in [-0.25, -0.2) is 4.52 Å². The molecule has 4 heterocycles. The quantitative estimate of drug-likeness (QED) is 0.505. The highest BCUT2D eigenvalue weighted by Crippen LogP contribution is 2.22. The molecule has 5 rings (SSSR count). The minimum absolute atomic E-state index is 0.231. The van der Waals surface area contributed by atoms with Crippen molar-refractivity contribution in [1.82, 2.24) is 24.7 Å². The third-order valence-electron chi connectivity index (χ3n) is 5.85. The van der Waals surface area contributed by atoms with Crippen LogP contribution in [0.2, 0.25) is 0 Å². The number of amides is 1. The first-order valence-electron chi connectivity index (χ1n) is 10.7. The van der Waals surface area contributed by atoms with Crippen molar-refractivity contribution < 1.29 is 14.6 Å². The van der Waals surface area contributed by atoms with Gasteiger partial charge in [-0.3, -0.25) is 9.48 Å². The topological polar surface area (TPSA) is 93.7 Å². The summed E-state index contributed by atoms with van der Waals surface area (Å²) in [6.07, 6.45) is 6.22. The highest BCUT2D eigenvalue weighted by molar-refractivity contribution is 5.93.